The van der Waals surface area contributed by atoms with Crippen molar-refractivity contribution in [2.45, 2.75) is 45.1 Å². The number of fused-ring (bicyclic) bond motifs is 2. The Balaban J connectivity index is 2.16. The van der Waals surface area contributed by atoms with Gasteiger partial charge in [-0.05, 0) is 0 Å². The zero-order valence-corrected chi connectivity index (χ0v) is 14.7. The van der Waals surface area contributed by atoms with Crippen LogP contribution in [0.15, 0.2) is 18.2 Å². The molecule has 1 aromatic carbocycles. The number of benzene rings is 1. The molecule has 89 valence electrons. The fourth-order valence-corrected chi connectivity index (χ4v) is 10.3. The van der Waals surface area contributed by atoms with Gasteiger partial charge in [-0.2, -0.15) is 0 Å². The van der Waals surface area contributed by atoms with Gasteiger partial charge >= 0.3 is 113 Å². The first-order valence-corrected chi connectivity index (χ1v) is 15.8. The summed E-state index contributed by atoms with van der Waals surface area (Å²) < 4.78 is 5.65. The molecule has 1 aromatic rings. The molecule has 1 atom stereocenters. The molecular formula is C16H21Hf. The molecule has 0 radical (unpaired) electrons. The van der Waals surface area contributed by atoms with Crippen molar-refractivity contribution in [3.05, 3.63) is 40.5 Å². The van der Waals surface area contributed by atoms with Gasteiger partial charge in [0.2, 0.25) is 0 Å². The third kappa shape index (κ3) is 1.65. The van der Waals surface area contributed by atoms with Crippen LogP contribution in [0.25, 0.3) is 6.08 Å². The second-order valence-corrected chi connectivity index (χ2v) is 16.1. The molecule has 0 aromatic heterocycles. The van der Waals surface area contributed by atoms with Crippen molar-refractivity contribution in [3.8, 4) is 0 Å². The van der Waals surface area contributed by atoms with Crippen LogP contribution < -0.4 is 0 Å². The Kier molecular flexibility index (Phi) is 2.93. The van der Waals surface area contributed by atoms with Crippen LogP contribution in [0.5, 0.6) is 0 Å². The molecule has 1 heteroatoms. The van der Waals surface area contributed by atoms with E-state index in [2.05, 4.69) is 40.6 Å². The molecule has 0 saturated heterocycles. The van der Waals surface area contributed by atoms with E-state index in [1.807, 2.05) is 0 Å². The van der Waals surface area contributed by atoms with E-state index in [1.165, 1.54) is 25.7 Å². The van der Waals surface area contributed by atoms with Gasteiger partial charge in [-0.25, -0.2) is 0 Å². The molecule has 0 saturated carbocycles. The van der Waals surface area contributed by atoms with Crippen LogP contribution in [0.3, 0.4) is 0 Å². The molecule has 0 spiro atoms. The first kappa shape index (κ1) is 11.9. The van der Waals surface area contributed by atoms with Crippen LogP contribution >= 0.6 is 0 Å². The summed E-state index contributed by atoms with van der Waals surface area (Å²) in [4.78, 5) is 0. The average molecular weight is 392 g/mol. The fourth-order valence-electron chi connectivity index (χ4n) is 3.59. The molecule has 0 nitrogen and oxygen atoms in total. The maximum absolute atomic E-state index is 2.57. The van der Waals surface area contributed by atoms with E-state index in [0.717, 1.165) is 0 Å². The van der Waals surface area contributed by atoms with Gasteiger partial charge in [0.15, 0.2) is 0 Å². The van der Waals surface area contributed by atoms with Crippen molar-refractivity contribution in [2.75, 3.05) is 0 Å². The van der Waals surface area contributed by atoms with E-state index in [-0.39, 0.29) is 0 Å². The zero-order valence-electron chi connectivity index (χ0n) is 11.1. The number of rotatable bonds is 2. The first-order valence-electron chi connectivity index (χ1n) is 6.83. The SMILES string of the molecule is CC[C]1([Hf]([CH3])[CH3])C=Cc2cc3c(cc21)CCC3. The van der Waals surface area contributed by atoms with Crippen molar-refractivity contribution < 1.29 is 21.4 Å². The van der Waals surface area contributed by atoms with Crippen molar-refractivity contribution in [1.82, 2.24) is 0 Å². The van der Waals surface area contributed by atoms with Gasteiger partial charge in [-0.1, -0.05) is 0 Å². The Labute approximate surface area is 113 Å². The van der Waals surface area contributed by atoms with E-state index in [1.54, 1.807) is 22.3 Å². The molecule has 3 rings (SSSR count). The molecule has 17 heavy (non-hydrogen) atoms. The van der Waals surface area contributed by atoms with Crippen molar-refractivity contribution in [2.24, 2.45) is 0 Å². The number of allylic oxidation sites excluding steroid dienone is 1. The zero-order chi connectivity index (χ0) is 12.0. The van der Waals surface area contributed by atoms with Gasteiger partial charge in [0, 0.05) is 0 Å². The quantitative estimate of drug-likeness (QED) is 0.650. The Morgan fingerprint density at radius 3 is 2.53 bits per heavy atom. The van der Waals surface area contributed by atoms with Gasteiger partial charge in [-0.3, -0.25) is 0 Å². The van der Waals surface area contributed by atoms with Gasteiger partial charge < -0.3 is 0 Å². The molecule has 0 bridgehead atoms. The Hall–Kier alpha value is -0.170. The van der Waals surface area contributed by atoms with Crippen LogP contribution in [-0.2, 0) is 37.5 Å². The van der Waals surface area contributed by atoms with Crippen LogP contribution in [0.2, 0.25) is 9.36 Å². The normalized spacial score (nSPS) is 24.9. The summed E-state index contributed by atoms with van der Waals surface area (Å²) in [5.41, 5.74) is 6.50. The fraction of sp³-hybridized carbons (Fsp3) is 0.500. The summed E-state index contributed by atoms with van der Waals surface area (Å²) >= 11 is -1.45. The van der Waals surface area contributed by atoms with Crippen LogP contribution in [0.1, 0.15) is 42.0 Å². The Morgan fingerprint density at radius 2 is 1.88 bits per heavy atom. The monoisotopic (exact) mass is 393 g/mol. The molecule has 0 heterocycles. The second-order valence-electron chi connectivity index (χ2n) is 5.72. The third-order valence-electron chi connectivity index (χ3n) is 4.74. The topological polar surface area (TPSA) is 0 Å². The predicted molar refractivity (Wildman–Crippen MR) is 71.2 cm³/mol. The number of aryl methyl sites for hydroxylation is 2. The molecule has 0 N–H and O–H groups in total. The molecule has 0 fully saturated rings. The predicted octanol–water partition coefficient (Wildman–Crippen LogP) is 4.52. The van der Waals surface area contributed by atoms with E-state index < -0.39 is 21.4 Å². The summed E-state index contributed by atoms with van der Waals surface area (Å²) in [6.45, 7) is 2.38. The van der Waals surface area contributed by atoms with Gasteiger partial charge in [-0.15, -0.1) is 0 Å². The molecular weight excluding hydrogens is 371 g/mol. The minimum atomic E-state index is -1.45. The summed E-state index contributed by atoms with van der Waals surface area (Å²) in [5.74, 6) is 0. The summed E-state index contributed by atoms with van der Waals surface area (Å²) in [7, 11) is 0. The first-order chi connectivity index (χ1) is 8.17. The van der Waals surface area contributed by atoms with Crippen molar-refractivity contribution in [3.63, 3.8) is 0 Å². The third-order valence-corrected chi connectivity index (χ3v) is 14.0. The van der Waals surface area contributed by atoms with E-state index in [0.29, 0.717) is 3.17 Å². The van der Waals surface area contributed by atoms with Gasteiger partial charge in [0.25, 0.3) is 0 Å². The average Bonchev–Trinajstić information content (AvgIpc) is 2.89. The summed E-state index contributed by atoms with van der Waals surface area (Å²) in [5, 5.41) is 0. The van der Waals surface area contributed by atoms with Crippen molar-refractivity contribution in [1.29, 1.82) is 0 Å². The number of hydrogen-bond acceptors (Lipinski definition) is 0. The van der Waals surface area contributed by atoms with Crippen LogP contribution in [0, 0.1) is 0 Å². The van der Waals surface area contributed by atoms with Gasteiger partial charge in [0.1, 0.15) is 0 Å². The standard InChI is InChI=1S/C14H15.2CH3.Hf/c1-2-10-6-7-13-8-11-4-3-5-12(11)9-14(10)13;;;/h6-9H,2-5H2,1H3;2*1H3;. The molecule has 1 unspecified atom stereocenters. The molecule has 0 amide bonds. The molecule has 2 aliphatic rings. The number of hydrogen-bond donors (Lipinski definition) is 0. The second kappa shape index (κ2) is 4.19. The van der Waals surface area contributed by atoms with Crippen LogP contribution in [-0.4, -0.2) is 0 Å². The van der Waals surface area contributed by atoms with Crippen molar-refractivity contribution >= 4 is 6.08 Å². The van der Waals surface area contributed by atoms with E-state index in [4.69, 9.17) is 0 Å². The summed E-state index contributed by atoms with van der Waals surface area (Å²) in [6.07, 6.45) is 10.3. The molecule has 0 aliphatic heterocycles. The van der Waals surface area contributed by atoms with Crippen LogP contribution in [0.4, 0.5) is 0 Å². The van der Waals surface area contributed by atoms with E-state index >= 15 is 0 Å². The summed E-state index contributed by atoms with van der Waals surface area (Å²) in [6, 6.07) is 5.05. The van der Waals surface area contributed by atoms with E-state index in [9.17, 15) is 0 Å². The Morgan fingerprint density at radius 1 is 1.18 bits per heavy atom. The maximum atomic E-state index is 2.57. The molecule has 2 aliphatic carbocycles. The van der Waals surface area contributed by atoms with Gasteiger partial charge in [0.05, 0.1) is 0 Å². The Bertz CT molecular complexity index is 485. The minimum absolute atomic E-state index is 0.512.